The number of hydrogen-bond acceptors (Lipinski definition) is 5. The quantitative estimate of drug-likeness (QED) is 0.729. The Hall–Kier alpha value is -1.46. The molecule has 0 heterocycles. The summed E-state index contributed by atoms with van der Waals surface area (Å²) in [4.78, 5) is 0. The van der Waals surface area contributed by atoms with Crippen LogP contribution in [0.3, 0.4) is 0 Å². The normalized spacial score (nSPS) is 10.1. The van der Waals surface area contributed by atoms with Gasteiger partial charge in [0.15, 0.2) is 11.5 Å². The summed E-state index contributed by atoms with van der Waals surface area (Å²) in [6, 6.07) is 3.64. The van der Waals surface area contributed by atoms with Crippen molar-refractivity contribution in [2.75, 3.05) is 34.5 Å². The summed E-state index contributed by atoms with van der Waals surface area (Å²) in [6.45, 7) is 0.693. The first-order valence-electron chi connectivity index (χ1n) is 5.24. The third-order valence-electron chi connectivity index (χ3n) is 2.23. The van der Waals surface area contributed by atoms with Crippen molar-refractivity contribution in [1.82, 2.24) is 0 Å². The number of ether oxygens (including phenoxy) is 4. The van der Waals surface area contributed by atoms with Crippen LogP contribution in [0, 0.1) is 0 Å². The molecule has 0 aliphatic rings. The number of aliphatic hydroxyl groups excluding tert-OH is 1. The van der Waals surface area contributed by atoms with Crippen LogP contribution in [0.5, 0.6) is 17.2 Å². The predicted octanol–water partition coefficient (Wildman–Crippen LogP) is 1.22. The summed E-state index contributed by atoms with van der Waals surface area (Å²) in [7, 11) is 4.69. The molecule has 0 unspecified atom stereocenters. The number of rotatable bonds is 7. The van der Waals surface area contributed by atoms with E-state index >= 15 is 0 Å². The van der Waals surface area contributed by atoms with Gasteiger partial charge in [0.1, 0.15) is 0 Å². The maximum atomic E-state index is 8.63. The highest BCUT2D eigenvalue weighted by Crippen LogP contribution is 2.38. The van der Waals surface area contributed by atoms with Crippen molar-refractivity contribution in [3.8, 4) is 17.2 Å². The van der Waals surface area contributed by atoms with Crippen LogP contribution in [0.4, 0.5) is 0 Å². The number of methoxy groups -OCH3 is 3. The minimum atomic E-state index is 0.00439. The topological polar surface area (TPSA) is 57.2 Å². The molecule has 5 heteroatoms. The van der Waals surface area contributed by atoms with Gasteiger partial charge in [0, 0.05) is 0 Å². The molecule has 0 fully saturated rings. The average Bonchev–Trinajstić information content (AvgIpc) is 2.37. The molecule has 5 nitrogen and oxygen atoms in total. The van der Waals surface area contributed by atoms with Gasteiger partial charge in [-0.15, -0.1) is 0 Å². The second-order valence-corrected chi connectivity index (χ2v) is 3.31. The molecule has 0 aromatic heterocycles. The minimum Gasteiger partial charge on any atom is -0.493 e. The Morgan fingerprint density at radius 3 is 2.00 bits per heavy atom. The van der Waals surface area contributed by atoms with Crippen LogP contribution in [0.1, 0.15) is 5.56 Å². The molecule has 0 saturated carbocycles. The van der Waals surface area contributed by atoms with Gasteiger partial charge < -0.3 is 24.1 Å². The van der Waals surface area contributed by atoms with Crippen molar-refractivity contribution in [2.24, 2.45) is 0 Å². The summed E-state index contributed by atoms with van der Waals surface area (Å²) in [5, 5.41) is 8.63. The molecule has 0 radical (unpaired) electrons. The van der Waals surface area contributed by atoms with Crippen LogP contribution in [0.2, 0.25) is 0 Å². The fourth-order valence-electron chi connectivity index (χ4n) is 1.47. The maximum absolute atomic E-state index is 8.63. The third kappa shape index (κ3) is 3.51. The molecule has 96 valence electrons. The van der Waals surface area contributed by atoms with Crippen LogP contribution in [-0.4, -0.2) is 39.6 Å². The Bertz CT molecular complexity index is 326. The highest BCUT2D eigenvalue weighted by molar-refractivity contribution is 5.53. The zero-order chi connectivity index (χ0) is 12.7. The first kappa shape index (κ1) is 13.6. The molecule has 0 aliphatic carbocycles. The molecule has 1 aromatic rings. The Balaban J connectivity index is 2.92. The van der Waals surface area contributed by atoms with Crippen molar-refractivity contribution < 1.29 is 24.1 Å². The molecule has 1 N–H and O–H groups in total. The maximum Gasteiger partial charge on any atom is 0.203 e. The van der Waals surface area contributed by atoms with Crippen LogP contribution >= 0.6 is 0 Å². The van der Waals surface area contributed by atoms with Gasteiger partial charge in [-0.2, -0.15) is 0 Å². The SMILES string of the molecule is COc1cc(COCCO)cc(OC)c1OC. The van der Waals surface area contributed by atoms with Crippen molar-refractivity contribution in [2.45, 2.75) is 6.61 Å². The number of aliphatic hydroxyl groups is 1. The first-order valence-corrected chi connectivity index (χ1v) is 5.24. The fourth-order valence-corrected chi connectivity index (χ4v) is 1.47. The van der Waals surface area contributed by atoms with Gasteiger partial charge in [-0.3, -0.25) is 0 Å². The smallest absolute Gasteiger partial charge is 0.203 e. The van der Waals surface area contributed by atoms with E-state index < -0.39 is 0 Å². The van der Waals surface area contributed by atoms with Gasteiger partial charge in [-0.25, -0.2) is 0 Å². The van der Waals surface area contributed by atoms with E-state index in [4.69, 9.17) is 24.1 Å². The van der Waals surface area contributed by atoms with Crippen LogP contribution in [-0.2, 0) is 11.3 Å². The van der Waals surface area contributed by atoms with Gasteiger partial charge in [-0.1, -0.05) is 0 Å². The van der Waals surface area contributed by atoms with Gasteiger partial charge >= 0.3 is 0 Å². The minimum absolute atomic E-state index is 0.00439. The summed E-state index contributed by atoms with van der Waals surface area (Å²) in [5.41, 5.74) is 0.896. The van der Waals surface area contributed by atoms with E-state index in [1.54, 1.807) is 21.3 Å². The first-order chi connectivity index (χ1) is 8.26. The van der Waals surface area contributed by atoms with Gasteiger partial charge in [0.05, 0.1) is 41.2 Å². The molecule has 0 atom stereocenters. The van der Waals surface area contributed by atoms with Crippen LogP contribution < -0.4 is 14.2 Å². The average molecular weight is 242 g/mol. The summed E-state index contributed by atoms with van der Waals surface area (Å²) < 4.78 is 20.9. The number of hydrogen-bond donors (Lipinski definition) is 1. The van der Waals surface area contributed by atoms with E-state index in [-0.39, 0.29) is 6.61 Å². The van der Waals surface area contributed by atoms with E-state index in [1.807, 2.05) is 12.1 Å². The fraction of sp³-hybridized carbons (Fsp3) is 0.500. The van der Waals surface area contributed by atoms with E-state index in [9.17, 15) is 0 Å². The molecular formula is C12H18O5. The van der Waals surface area contributed by atoms with Crippen LogP contribution in [0.25, 0.3) is 0 Å². The van der Waals surface area contributed by atoms with Crippen LogP contribution in [0.15, 0.2) is 12.1 Å². The lowest BCUT2D eigenvalue weighted by molar-refractivity contribution is 0.0813. The lowest BCUT2D eigenvalue weighted by atomic mass is 10.2. The molecule has 17 heavy (non-hydrogen) atoms. The van der Waals surface area contributed by atoms with Gasteiger partial charge in [0.25, 0.3) is 0 Å². The molecule has 0 amide bonds. The monoisotopic (exact) mass is 242 g/mol. The summed E-state index contributed by atoms with van der Waals surface area (Å²) in [5.74, 6) is 1.74. The summed E-state index contributed by atoms with van der Waals surface area (Å²) in [6.07, 6.45) is 0. The van der Waals surface area contributed by atoms with Crippen molar-refractivity contribution in [1.29, 1.82) is 0 Å². The molecule has 0 spiro atoms. The predicted molar refractivity (Wildman–Crippen MR) is 62.8 cm³/mol. The Morgan fingerprint density at radius 1 is 1.00 bits per heavy atom. The second kappa shape index (κ2) is 6.98. The molecule has 0 saturated heterocycles. The van der Waals surface area contributed by atoms with E-state index in [2.05, 4.69) is 0 Å². The Morgan fingerprint density at radius 2 is 1.59 bits per heavy atom. The standard InChI is InChI=1S/C12H18O5/c1-14-10-6-9(8-17-5-4-13)7-11(15-2)12(10)16-3/h6-7,13H,4-5,8H2,1-3H3. The second-order valence-electron chi connectivity index (χ2n) is 3.31. The van der Waals surface area contributed by atoms with Gasteiger partial charge in [0.2, 0.25) is 5.75 Å². The Kier molecular flexibility index (Phi) is 5.59. The lowest BCUT2D eigenvalue weighted by Crippen LogP contribution is -2.01. The lowest BCUT2D eigenvalue weighted by Gasteiger charge is -2.14. The highest BCUT2D eigenvalue weighted by atomic mass is 16.5. The van der Waals surface area contributed by atoms with Crippen molar-refractivity contribution in [3.05, 3.63) is 17.7 Å². The molecule has 1 rings (SSSR count). The summed E-state index contributed by atoms with van der Waals surface area (Å²) >= 11 is 0. The van der Waals surface area contributed by atoms with Crippen molar-refractivity contribution >= 4 is 0 Å². The third-order valence-corrected chi connectivity index (χ3v) is 2.23. The van der Waals surface area contributed by atoms with Gasteiger partial charge in [-0.05, 0) is 17.7 Å². The van der Waals surface area contributed by atoms with E-state index in [1.165, 1.54) is 0 Å². The molecule has 0 aliphatic heterocycles. The molecule has 1 aromatic carbocycles. The van der Waals surface area contributed by atoms with E-state index in [0.717, 1.165) is 5.56 Å². The number of benzene rings is 1. The largest absolute Gasteiger partial charge is 0.493 e. The van der Waals surface area contributed by atoms with Crippen molar-refractivity contribution in [3.63, 3.8) is 0 Å². The zero-order valence-electron chi connectivity index (χ0n) is 10.4. The zero-order valence-corrected chi connectivity index (χ0v) is 10.4. The molecular weight excluding hydrogens is 224 g/mol. The van der Waals surface area contributed by atoms with E-state index in [0.29, 0.717) is 30.5 Å². The molecule has 0 bridgehead atoms. The highest BCUT2D eigenvalue weighted by Gasteiger charge is 2.12. The Labute approximate surface area is 101 Å².